The number of carbonyl (C=O) groups is 5. The molecule has 6 fully saturated rings. The molecule has 2 amide bonds. The lowest BCUT2D eigenvalue weighted by Crippen LogP contribution is -2.69. The number of ketones is 1. The van der Waals surface area contributed by atoms with Gasteiger partial charge < -0.3 is 25.8 Å². The molecule has 5 saturated carbocycles. The molecule has 10 heteroatoms. The molecule has 0 bridgehead atoms. The summed E-state index contributed by atoms with van der Waals surface area (Å²) in [5, 5.41) is 19.2. The lowest BCUT2D eigenvalue weighted by Gasteiger charge is -2.72. The number of ether oxygens (including phenoxy) is 1. The summed E-state index contributed by atoms with van der Waals surface area (Å²) in [6.45, 7) is 24.4. The Hall–Kier alpha value is -2.75. The highest BCUT2D eigenvalue weighted by molar-refractivity contribution is 6.03. The van der Waals surface area contributed by atoms with E-state index in [2.05, 4.69) is 64.4 Å². The van der Waals surface area contributed by atoms with Crippen molar-refractivity contribution < 1.29 is 33.8 Å². The third kappa shape index (κ3) is 5.73. The second-order valence-corrected chi connectivity index (χ2v) is 21.9. The van der Waals surface area contributed by atoms with E-state index in [0.29, 0.717) is 24.7 Å². The Morgan fingerprint density at radius 2 is 1.51 bits per heavy atom. The molecular formula is C45H69N3O7. The fraction of sp³-hybridized carbons (Fsp3) is 0.844. The summed E-state index contributed by atoms with van der Waals surface area (Å²) >= 11 is 0. The SMILES string of the molecule is CC(C)C1=C2[C@H]3CC[C@@H]4[C@@]5(C)CC[C@H](OC(=O)[C@H]6C[C@@H](C(=O)O)C6(C)C)C(C)(C)[C@@H]5CC[C@@]4(C)[C@]3(C)CC[C@@]2(NC(=O)C(C)(C)NC(=O)[C@H]2CCN2)CC1=O. The Balaban J connectivity index is 1.14. The van der Waals surface area contributed by atoms with Crippen LogP contribution in [0.25, 0.3) is 0 Å². The summed E-state index contributed by atoms with van der Waals surface area (Å²) in [5.74, 6) is -1.24. The number of rotatable bonds is 8. The molecule has 7 rings (SSSR count). The van der Waals surface area contributed by atoms with Gasteiger partial charge in [0.25, 0.3) is 0 Å². The molecule has 11 atom stereocenters. The number of allylic oxidation sites excluding steroid dienone is 1. The van der Waals surface area contributed by atoms with E-state index in [0.717, 1.165) is 63.5 Å². The Morgan fingerprint density at radius 1 is 0.836 bits per heavy atom. The first-order valence-electron chi connectivity index (χ1n) is 21.5. The van der Waals surface area contributed by atoms with Crippen LogP contribution < -0.4 is 16.0 Å². The van der Waals surface area contributed by atoms with Crippen molar-refractivity contribution >= 4 is 29.5 Å². The fourth-order valence-electron chi connectivity index (χ4n) is 14.2. The molecule has 10 nitrogen and oxygen atoms in total. The van der Waals surface area contributed by atoms with Crippen LogP contribution in [0.15, 0.2) is 11.1 Å². The Kier molecular flexibility index (Phi) is 9.47. The van der Waals surface area contributed by atoms with Gasteiger partial charge in [-0.05, 0) is 141 Å². The molecule has 1 saturated heterocycles. The smallest absolute Gasteiger partial charge is 0.309 e. The normalized spacial score (nSPS) is 42.8. The van der Waals surface area contributed by atoms with Crippen LogP contribution in [-0.4, -0.2) is 64.4 Å². The minimum Gasteiger partial charge on any atom is -0.481 e. The van der Waals surface area contributed by atoms with E-state index in [1.807, 2.05) is 13.8 Å². The maximum Gasteiger partial charge on any atom is 0.309 e. The number of Topliss-reactive ketones (excluding diaryl/α,β-unsaturated/α-hetero) is 1. The summed E-state index contributed by atoms with van der Waals surface area (Å²) in [6.07, 6.45) is 8.63. The molecule has 0 aromatic rings. The summed E-state index contributed by atoms with van der Waals surface area (Å²) in [7, 11) is 0. The number of fused-ring (bicyclic) bond motifs is 7. The molecule has 306 valence electrons. The maximum absolute atomic E-state index is 14.2. The maximum atomic E-state index is 14.2. The minimum absolute atomic E-state index is 0.00245. The second kappa shape index (κ2) is 12.9. The molecule has 0 radical (unpaired) electrons. The lowest BCUT2D eigenvalue weighted by molar-refractivity contribution is -0.235. The van der Waals surface area contributed by atoms with Crippen LogP contribution >= 0.6 is 0 Å². The Bertz CT molecular complexity index is 1710. The monoisotopic (exact) mass is 764 g/mol. The van der Waals surface area contributed by atoms with Crippen molar-refractivity contribution in [1.82, 2.24) is 16.0 Å². The second-order valence-electron chi connectivity index (χ2n) is 21.9. The molecule has 1 aliphatic heterocycles. The summed E-state index contributed by atoms with van der Waals surface area (Å²) in [4.78, 5) is 66.6. The molecule has 0 aromatic carbocycles. The van der Waals surface area contributed by atoms with Crippen LogP contribution in [0.3, 0.4) is 0 Å². The number of carboxylic acid groups (broad SMARTS) is 1. The van der Waals surface area contributed by atoms with Crippen LogP contribution in [0.1, 0.15) is 147 Å². The average molecular weight is 764 g/mol. The third-order valence-corrected chi connectivity index (χ3v) is 18.0. The fourth-order valence-corrected chi connectivity index (χ4v) is 14.2. The number of hydrogen-bond acceptors (Lipinski definition) is 7. The van der Waals surface area contributed by atoms with Crippen molar-refractivity contribution in [3.8, 4) is 0 Å². The zero-order valence-corrected chi connectivity index (χ0v) is 35.5. The lowest BCUT2D eigenvalue weighted by atomic mass is 9.33. The van der Waals surface area contributed by atoms with E-state index in [1.54, 1.807) is 13.8 Å². The highest BCUT2D eigenvalue weighted by Gasteiger charge is 2.71. The number of carboxylic acids is 1. The van der Waals surface area contributed by atoms with Gasteiger partial charge in [-0.2, -0.15) is 0 Å². The summed E-state index contributed by atoms with van der Waals surface area (Å²) in [5.41, 5.74) is -0.701. The van der Waals surface area contributed by atoms with Gasteiger partial charge in [0, 0.05) is 11.8 Å². The minimum atomic E-state index is -1.13. The first-order chi connectivity index (χ1) is 25.4. The standard InChI is InChI=1S/C45H69N3O7/c1-24(2)33-29(49)23-45(48-38(54)41(7,8)47-35(50)28-16-21-46-28)20-19-43(10)25(34(33)45)12-13-31-42(9)17-15-32(40(5,6)30(42)14-18-44(31,43)11)55-37(53)27-22-26(36(51)52)39(27,3)4/h24-28,30-32,46H,12-23H2,1-11H3,(H,47,50)(H,48,54)(H,51,52)/t25-,26+,27-,28-,30+,31-,32+,42+,43-,44-,45-/m1/s1. The van der Waals surface area contributed by atoms with E-state index >= 15 is 0 Å². The molecule has 4 N–H and O–H groups in total. The van der Waals surface area contributed by atoms with Gasteiger partial charge in [0.05, 0.1) is 23.4 Å². The third-order valence-electron chi connectivity index (χ3n) is 18.0. The van der Waals surface area contributed by atoms with Crippen molar-refractivity contribution in [3.05, 3.63) is 11.1 Å². The van der Waals surface area contributed by atoms with Gasteiger partial charge in [0.15, 0.2) is 5.78 Å². The van der Waals surface area contributed by atoms with Crippen molar-refractivity contribution in [2.24, 2.45) is 62.6 Å². The van der Waals surface area contributed by atoms with Gasteiger partial charge in [-0.1, -0.05) is 62.3 Å². The number of esters is 1. The zero-order chi connectivity index (χ0) is 40.5. The van der Waals surface area contributed by atoms with Gasteiger partial charge in [-0.25, -0.2) is 0 Å². The number of nitrogens with one attached hydrogen (secondary N) is 3. The van der Waals surface area contributed by atoms with Gasteiger partial charge in [-0.3, -0.25) is 24.0 Å². The Labute approximate surface area is 328 Å². The van der Waals surface area contributed by atoms with Crippen molar-refractivity contribution in [2.75, 3.05) is 6.54 Å². The molecule has 6 aliphatic carbocycles. The van der Waals surface area contributed by atoms with E-state index in [-0.39, 0.29) is 75.6 Å². The van der Waals surface area contributed by atoms with Gasteiger partial charge in [0.1, 0.15) is 11.6 Å². The van der Waals surface area contributed by atoms with E-state index in [9.17, 15) is 29.1 Å². The van der Waals surface area contributed by atoms with E-state index < -0.39 is 34.3 Å². The Morgan fingerprint density at radius 3 is 2.09 bits per heavy atom. The topological polar surface area (TPSA) is 151 Å². The van der Waals surface area contributed by atoms with Crippen LogP contribution in [0, 0.1) is 62.6 Å². The quantitative estimate of drug-likeness (QED) is 0.198. The van der Waals surface area contributed by atoms with Crippen LogP contribution in [0.2, 0.25) is 0 Å². The first-order valence-corrected chi connectivity index (χ1v) is 21.5. The molecule has 55 heavy (non-hydrogen) atoms. The van der Waals surface area contributed by atoms with Gasteiger partial charge in [-0.15, -0.1) is 0 Å². The number of amides is 2. The highest BCUT2D eigenvalue weighted by Crippen LogP contribution is 2.76. The summed E-state index contributed by atoms with van der Waals surface area (Å²) < 4.78 is 6.40. The largest absolute Gasteiger partial charge is 0.481 e. The molecule has 0 aromatic heterocycles. The molecule has 1 heterocycles. The number of aliphatic carboxylic acids is 1. The predicted octanol–water partition coefficient (Wildman–Crippen LogP) is 6.75. The van der Waals surface area contributed by atoms with Crippen LogP contribution in [0.5, 0.6) is 0 Å². The van der Waals surface area contributed by atoms with Gasteiger partial charge >= 0.3 is 11.9 Å². The predicted molar refractivity (Wildman–Crippen MR) is 209 cm³/mol. The number of carbonyl (C=O) groups excluding carboxylic acids is 4. The highest BCUT2D eigenvalue weighted by atomic mass is 16.5. The molecule has 0 unspecified atom stereocenters. The molecule has 7 aliphatic rings. The van der Waals surface area contributed by atoms with E-state index in [1.165, 1.54) is 5.57 Å². The van der Waals surface area contributed by atoms with Gasteiger partial charge in [0.2, 0.25) is 11.8 Å². The first kappa shape index (κ1) is 40.4. The average Bonchev–Trinajstić information content (AvgIpc) is 3.32. The molecular weight excluding hydrogens is 695 g/mol. The number of hydrogen-bond donors (Lipinski definition) is 4. The zero-order valence-electron chi connectivity index (χ0n) is 35.5. The van der Waals surface area contributed by atoms with Crippen molar-refractivity contribution in [1.29, 1.82) is 0 Å². The van der Waals surface area contributed by atoms with Crippen LogP contribution in [-0.2, 0) is 28.7 Å². The summed E-state index contributed by atoms with van der Waals surface area (Å²) in [6, 6.07) is -0.270. The van der Waals surface area contributed by atoms with E-state index in [4.69, 9.17) is 4.74 Å². The van der Waals surface area contributed by atoms with Crippen molar-refractivity contribution in [2.45, 2.75) is 170 Å². The van der Waals surface area contributed by atoms with Crippen LogP contribution in [0.4, 0.5) is 0 Å². The molecule has 0 spiro atoms. The van der Waals surface area contributed by atoms with Crippen molar-refractivity contribution in [3.63, 3.8) is 0 Å².